The molecule has 88 valence electrons. The van der Waals surface area contributed by atoms with Gasteiger partial charge in [0.2, 0.25) is 0 Å². The van der Waals surface area contributed by atoms with Crippen LogP contribution in [0.3, 0.4) is 0 Å². The predicted molar refractivity (Wildman–Crippen MR) is 68.0 cm³/mol. The van der Waals surface area contributed by atoms with Crippen LogP contribution in [-0.4, -0.2) is 12.6 Å². The van der Waals surface area contributed by atoms with Crippen LogP contribution in [-0.2, 0) is 0 Å². The van der Waals surface area contributed by atoms with Gasteiger partial charge in [0.05, 0.1) is 0 Å². The second kappa shape index (κ2) is 6.32. The summed E-state index contributed by atoms with van der Waals surface area (Å²) in [7, 11) is 0. The highest BCUT2D eigenvalue weighted by atomic mass is 14.9. The smallest absolute Gasteiger partial charge is 0.0140 e. The molecule has 0 bridgehead atoms. The summed E-state index contributed by atoms with van der Waals surface area (Å²) in [5, 5.41) is 3.71. The van der Waals surface area contributed by atoms with Gasteiger partial charge in [-0.1, -0.05) is 38.3 Å². The molecule has 1 saturated carbocycles. The van der Waals surface area contributed by atoms with E-state index < -0.39 is 0 Å². The van der Waals surface area contributed by atoms with Crippen LogP contribution in [0.4, 0.5) is 0 Å². The van der Waals surface area contributed by atoms with Crippen molar-refractivity contribution in [3.63, 3.8) is 0 Å². The Morgan fingerprint density at radius 3 is 2.53 bits per heavy atom. The molecule has 1 rings (SSSR count). The fourth-order valence-electron chi connectivity index (χ4n) is 2.63. The van der Waals surface area contributed by atoms with Gasteiger partial charge in [0, 0.05) is 12.6 Å². The normalized spacial score (nSPS) is 26.7. The molecule has 0 aromatic heterocycles. The number of hydrogen-bond acceptors (Lipinski definition) is 1. The standard InChI is InChI=1S/C14H27N/c1-11(2)9-10-15-14-8-6-5-7-13(14)12(3)4/h9,12-15H,5-8,10H2,1-4H3. The first kappa shape index (κ1) is 12.8. The number of allylic oxidation sites excluding steroid dienone is 1. The zero-order chi connectivity index (χ0) is 11.3. The first-order valence-corrected chi connectivity index (χ1v) is 6.48. The Morgan fingerprint density at radius 1 is 1.27 bits per heavy atom. The van der Waals surface area contributed by atoms with Crippen molar-refractivity contribution >= 4 is 0 Å². The second-order valence-electron chi connectivity index (χ2n) is 5.49. The summed E-state index contributed by atoms with van der Waals surface area (Å²) in [5.74, 6) is 1.72. The van der Waals surface area contributed by atoms with Crippen LogP contribution < -0.4 is 5.32 Å². The molecule has 0 heterocycles. The summed E-state index contributed by atoms with van der Waals surface area (Å²) in [4.78, 5) is 0. The quantitative estimate of drug-likeness (QED) is 0.695. The summed E-state index contributed by atoms with van der Waals surface area (Å²) in [6.07, 6.45) is 7.94. The second-order valence-corrected chi connectivity index (χ2v) is 5.49. The van der Waals surface area contributed by atoms with E-state index in [0.29, 0.717) is 0 Å². The molecular weight excluding hydrogens is 182 g/mol. The molecule has 1 aliphatic carbocycles. The minimum absolute atomic E-state index is 0.759. The zero-order valence-corrected chi connectivity index (χ0v) is 10.8. The maximum atomic E-state index is 3.71. The number of hydrogen-bond donors (Lipinski definition) is 1. The molecule has 0 spiro atoms. The van der Waals surface area contributed by atoms with Gasteiger partial charge in [-0.05, 0) is 38.5 Å². The van der Waals surface area contributed by atoms with Crippen LogP contribution in [0.25, 0.3) is 0 Å². The Bertz CT molecular complexity index is 201. The molecule has 0 saturated heterocycles. The molecule has 1 nitrogen and oxygen atoms in total. The molecule has 0 aromatic carbocycles. The molecule has 1 N–H and O–H groups in total. The third kappa shape index (κ3) is 4.38. The lowest BCUT2D eigenvalue weighted by Crippen LogP contribution is -2.40. The first-order valence-electron chi connectivity index (χ1n) is 6.48. The van der Waals surface area contributed by atoms with Crippen molar-refractivity contribution < 1.29 is 0 Å². The highest BCUT2D eigenvalue weighted by Gasteiger charge is 2.26. The fraction of sp³-hybridized carbons (Fsp3) is 0.857. The van der Waals surface area contributed by atoms with Crippen LogP contribution >= 0.6 is 0 Å². The van der Waals surface area contributed by atoms with Gasteiger partial charge < -0.3 is 5.32 Å². The van der Waals surface area contributed by atoms with Gasteiger partial charge in [0.15, 0.2) is 0 Å². The van der Waals surface area contributed by atoms with E-state index in [-0.39, 0.29) is 0 Å². The van der Waals surface area contributed by atoms with Gasteiger partial charge in [-0.15, -0.1) is 0 Å². The Morgan fingerprint density at radius 2 is 1.93 bits per heavy atom. The lowest BCUT2D eigenvalue weighted by Gasteiger charge is -2.34. The summed E-state index contributed by atoms with van der Waals surface area (Å²) < 4.78 is 0. The van der Waals surface area contributed by atoms with E-state index in [4.69, 9.17) is 0 Å². The summed E-state index contributed by atoms with van der Waals surface area (Å²) in [6, 6.07) is 0.759. The average molecular weight is 209 g/mol. The van der Waals surface area contributed by atoms with Crippen molar-refractivity contribution in [3.05, 3.63) is 11.6 Å². The molecule has 0 amide bonds. The van der Waals surface area contributed by atoms with Crippen LogP contribution in [0.1, 0.15) is 53.4 Å². The lowest BCUT2D eigenvalue weighted by atomic mass is 9.78. The topological polar surface area (TPSA) is 12.0 Å². The van der Waals surface area contributed by atoms with Crippen molar-refractivity contribution in [1.29, 1.82) is 0 Å². The van der Waals surface area contributed by atoms with Crippen LogP contribution in [0, 0.1) is 11.8 Å². The van der Waals surface area contributed by atoms with E-state index in [1.165, 1.54) is 31.3 Å². The number of rotatable bonds is 4. The first-order chi connectivity index (χ1) is 7.11. The van der Waals surface area contributed by atoms with Crippen LogP contribution in [0.15, 0.2) is 11.6 Å². The molecule has 2 atom stereocenters. The Kier molecular flexibility index (Phi) is 5.38. The summed E-state index contributed by atoms with van der Waals surface area (Å²) >= 11 is 0. The average Bonchev–Trinajstić information content (AvgIpc) is 2.17. The Hall–Kier alpha value is -0.300. The fourth-order valence-corrected chi connectivity index (χ4v) is 2.63. The van der Waals surface area contributed by atoms with Gasteiger partial charge in [-0.2, -0.15) is 0 Å². The predicted octanol–water partition coefficient (Wildman–Crippen LogP) is 3.76. The molecule has 15 heavy (non-hydrogen) atoms. The van der Waals surface area contributed by atoms with E-state index in [1.54, 1.807) is 0 Å². The lowest BCUT2D eigenvalue weighted by molar-refractivity contribution is 0.210. The molecule has 1 fully saturated rings. The van der Waals surface area contributed by atoms with Gasteiger partial charge in [-0.25, -0.2) is 0 Å². The van der Waals surface area contributed by atoms with Crippen molar-refractivity contribution in [2.24, 2.45) is 11.8 Å². The zero-order valence-electron chi connectivity index (χ0n) is 10.8. The molecule has 2 unspecified atom stereocenters. The highest BCUT2D eigenvalue weighted by molar-refractivity contribution is 4.95. The summed E-state index contributed by atoms with van der Waals surface area (Å²) in [5.41, 5.74) is 1.42. The molecule has 1 aliphatic rings. The van der Waals surface area contributed by atoms with E-state index >= 15 is 0 Å². The van der Waals surface area contributed by atoms with E-state index in [2.05, 4.69) is 39.1 Å². The monoisotopic (exact) mass is 209 g/mol. The van der Waals surface area contributed by atoms with Gasteiger partial charge >= 0.3 is 0 Å². The van der Waals surface area contributed by atoms with E-state index in [9.17, 15) is 0 Å². The molecule has 0 aromatic rings. The maximum Gasteiger partial charge on any atom is 0.0140 e. The van der Waals surface area contributed by atoms with Gasteiger partial charge in [-0.3, -0.25) is 0 Å². The van der Waals surface area contributed by atoms with Crippen LogP contribution in [0.2, 0.25) is 0 Å². The Labute approximate surface area is 95.3 Å². The third-order valence-electron chi connectivity index (χ3n) is 3.57. The minimum Gasteiger partial charge on any atom is -0.310 e. The van der Waals surface area contributed by atoms with Crippen molar-refractivity contribution in [2.45, 2.75) is 59.4 Å². The minimum atomic E-state index is 0.759. The SMILES string of the molecule is CC(C)=CCNC1CCCCC1C(C)C. The van der Waals surface area contributed by atoms with E-state index in [1.807, 2.05) is 0 Å². The van der Waals surface area contributed by atoms with Crippen molar-refractivity contribution in [3.8, 4) is 0 Å². The van der Waals surface area contributed by atoms with Gasteiger partial charge in [0.25, 0.3) is 0 Å². The van der Waals surface area contributed by atoms with Gasteiger partial charge in [0.1, 0.15) is 0 Å². The highest BCUT2D eigenvalue weighted by Crippen LogP contribution is 2.29. The third-order valence-corrected chi connectivity index (χ3v) is 3.57. The largest absolute Gasteiger partial charge is 0.310 e. The molecule has 1 heteroatoms. The van der Waals surface area contributed by atoms with Crippen LogP contribution in [0.5, 0.6) is 0 Å². The molecule has 0 aliphatic heterocycles. The summed E-state index contributed by atoms with van der Waals surface area (Å²) in [6.45, 7) is 10.1. The molecular formula is C14H27N. The number of nitrogens with one attached hydrogen (secondary N) is 1. The van der Waals surface area contributed by atoms with Crippen molar-refractivity contribution in [2.75, 3.05) is 6.54 Å². The van der Waals surface area contributed by atoms with E-state index in [0.717, 1.165) is 24.4 Å². The van der Waals surface area contributed by atoms with Crippen molar-refractivity contribution in [1.82, 2.24) is 5.32 Å². The Balaban J connectivity index is 2.39. The maximum absolute atomic E-state index is 3.71. The molecule has 0 radical (unpaired) electrons.